The standard InChI is InChI=1S/C41H52N2O2/c1-27(2)33-21-28(22-34(37(33)44)39(3,4)5)25-43(32-19-17-31(18-20-32)42-30-15-13-12-14-16-30)26-29-23-35(40(6,7)8)38(45)36(24-29)41(9,10)11/h12-24,42,44-45H,1,25-26H2,2-11H3. The second kappa shape index (κ2) is 12.7. The summed E-state index contributed by atoms with van der Waals surface area (Å²) in [6, 6.07) is 27.3. The van der Waals surface area contributed by atoms with E-state index in [1.807, 2.05) is 25.1 Å². The molecule has 4 heteroatoms. The summed E-state index contributed by atoms with van der Waals surface area (Å²) in [5.74, 6) is 0.700. The normalized spacial score (nSPS) is 12.2. The van der Waals surface area contributed by atoms with Crippen molar-refractivity contribution in [2.24, 2.45) is 0 Å². The molecule has 238 valence electrons. The van der Waals surface area contributed by atoms with E-state index in [4.69, 9.17) is 0 Å². The Balaban J connectivity index is 1.83. The zero-order valence-electron chi connectivity index (χ0n) is 29.0. The summed E-state index contributed by atoms with van der Waals surface area (Å²) in [5, 5.41) is 26.1. The summed E-state index contributed by atoms with van der Waals surface area (Å²) in [4.78, 5) is 2.37. The van der Waals surface area contributed by atoms with Crippen LogP contribution in [0.1, 0.15) is 103 Å². The zero-order chi connectivity index (χ0) is 33.3. The molecule has 0 atom stereocenters. The number of aromatic hydroxyl groups is 2. The molecule has 0 fully saturated rings. The number of rotatable bonds is 8. The van der Waals surface area contributed by atoms with E-state index < -0.39 is 0 Å². The van der Waals surface area contributed by atoms with Crippen molar-refractivity contribution in [2.75, 3.05) is 10.2 Å². The summed E-state index contributed by atoms with van der Waals surface area (Å²) in [5.41, 5.74) is 9.17. The van der Waals surface area contributed by atoms with Crippen LogP contribution < -0.4 is 10.2 Å². The summed E-state index contributed by atoms with van der Waals surface area (Å²) in [6.07, 6.45) is 0. The molecular formula is C41H52N2O2. The van der Waals surface area contributed by atoms with Gasteiger partial charge in [0.1, 0.15) is 11.5 Å². The van der Waals surface area contributed by atoms with Crippen molar-refractivity contribution in [3.8, 4) is 11.5 Å². The highest BCUT2D eigenvalue weighted by molar-refractivity contribution is 5.70. The number of anilines is 3. The molecule has 0 aliphatic rings. The Hall–Kier alpha value is -4.18. The van der Waals surface area contributed by atoms with Crippen molar-refractivity contribution < 1.29 is 10.2 Å². The minimum atomic E-state index is -0.236. The van der Waals surface area contributed by atoms with E-state index in [9.17, 15) is 10.2 Å². The minimum Gasteiger partial charge on any atom is -0.507 e. The smallest absolute Gasteiger partial charge is 0.126 e. The molecule has 45 heavy (non-hydrogen) atoms. The topological polar surface area (TPSA) is 55.7 Å². The van der Waals surface area contributed by atoms with Gasteiger partial charge in [-0.05, 0) is 112 Å². The second-order valence-corrected chi connectivity index (χ2v) is 15.5. The first-order chi connectivity index (χ1) is 20.8. The lowest BCUT2D eigenvalue weighted by Crippen LogP contribution is -2.24. The van der Waals surface area contributed by atoms with Crippen LogP contribution in [0.4, 0.5) is 17.1 Å². The van der Waals surface area contributed by atoms with Gasteiger partial charge in [-0.2, -0.15) is 0 Å². The lowest BCUT2D eigenvalue weighted by atomic mass is 9.78. The molecule has 3 N–H and O–H groups in total. The van der Waals surface area contributed by atoms with E-state index in [1.54, 1.807) is 0 Å². The minimum absolute atomic E-state index is 0.218. The van der Waals surface area contributed by atoms with E-state index in [0.717, 1.165) is 56.0 Å². The third kappa shape index (κ3) is 8.11. The molecule has 0 aliphatic carbocycles. The van der Waals surface area contributed by atoms with E-state index in [0.29, 0.717) is 24.6 Å². The number of para-hydroxylation sites is 1. The molecule has 4 nitrogen and oxygen atoms in total. The van der Waals surface area contributed by atoms with Crippen LogP contribution in [0.2, 0.25) is 0 Å². The van der Waals surface area contributed by atoms with Gasteiger partial charge in [-0.15, -0.1) is 0 Å². The fourth-order valence-electron chi connectivity index (χ4n) is 5.73. The number of phenolic OH excluding ortho intramolecular Hbond substituents is 2. The third-order valence-electron chi connectivity index (χ3n) is 8.27. The van der Waals surface area contributed by atoms with Gasteiger partial charge in [0, 0.05) is 41.3 Å². The van der Waals surface area contributed by atoms with Crippen LogP contribution in [0.25, 0.3) is 5.57 Å². The largest absolute Gasteiger partial charge is 0.507 e. The lowest BCUT2D eigenvalue weighted by Gasteiger charge is -2.31. The number of nitrogens with zero attached hydrogens (tertiary/aromatic N) is 1. The molecule has 4 aromatic rings. The highest BCUT2D eigenvalue weighted by Gasteiger charge is 2.27. The van der Waals surface area contributed by atoms with Crippen LogP contribution >= 0.6 is 0 Å². The molecule has 0 spiro atoms. The number of hydrogen-bond donors (Lipinski definition) is 3. The average Bonchev–Trinajstić information content (AvgIpc) is 2.93. The van der Waals surface area contributed by atoms with Crippen LogP contribution in [0.5, 0.6) is 11.5 Å². The number of benzene rings is 4. The lowest BCUT2D eigenvalue weighted by molar-refractivity contribution is 0.422. The predicted molar refractivity (Wildman–Crippen MR) is 193 cm³/mol. The maximum Gasteiger partial charge on any atom is 0.126 e. The molecule has 0 amide bonds. The number of hydrogen-bond acceptors (Lipinski definition) is 4. The van der Waals surface area contributed by atoms with Crippen LogP contribution in [0.3, 0.4) is 0 Å². The van der Waals surface area contributed by atoms with E-state index in [2.05, 4.69) is 140 Å². The molecule has 0 bridgehead atoms. The number of nitrogens with one attached hydrogen (secondary N) is 1. The highest BCUT2D eigenvalue weighted by Crippen LogP contribution is 2.41. The molecule has 0 aliphatic heterocycles. The second-order valence-electron chi connectivity index (χ2n) is 15.5. The quantitative estimate of drug-likeness (QED) is 0.187. The summed E-state index contributed by atoms with van der Waals surface area (Å²) in [7, 11) is 0. The van der Waals surface area contributed by atoms with Crippen molar-refractivity contribution in [1.29, 1.82) is 0 Å². The third-order valence-corrected chi connectivity index (χ3v) is 8.27. The van der Waals surface area contributed by atoms with Gasteiger partial charge < -0.3 is 20.4 Å². The number of phenols is 2. The monoisotopic (exact) mass is 604 g/mol. The van der Waals surface area contributed by atoms with Crippen LogP contribution in [-0.4, -0.2) is 10.2 Å². The summed E-state index contributed by atoms with van der Waals surface area (Å²) >= 11 is 0. The van der Waals surface area contributed by atoms with Gasteiger partial charge in [0.2, 0.25) is 0 Å². The first kappa shape index (κ1) is 33.7. The van der Waals surface area contributed by atoms with Gasteiger partial charge in [0.15, 0.2) is 0 Å². The average molecular weight is 605 g/mol. The van der Waals surface area contributed by atoms with Crippen molar-refractivity contribution in [3.63, 3.8) is 0 Å². The molecular weight excluding hydrogens is 552 g/mol. The molecule has 4 rings (SSSR count). The fraction of sp³-hybridized carbons (Fsp3) is 0.366. The van der Waals surface area contributed by atoms with Gasteiger partial charge in [-0.1, -0.05) is 87.1 Å². The molecule has 0 heterocycles. The maximum absolute atomic E-state index is 11.4. The molecule has 0 aromatic heterocycles. The molecule has 4 aromatic carbocycles. The van der Waals surface area contributed by atoms with Crippen LogP contribution in [-0.2, 0) is 29.3 Å². The molecule has 0 unspecified atom stereocenters. The first-order valence-corrected chi connectivity index (χ1v) is 15.9. The van der Waals surface area contributed by atoms with E-state index in [1.165, 1.54) is 0 Å². The van der Waals surface area contributed by atoms with Gasteiger partial charge in [0.05, 0.1) is 0 Å². The predicted octanol–water partition coefficient (Wildman–Crippen LogP) is 11.0. The van der Waals surface area contributed by atoms with Gasteiger partial charge in [-0.25, -0.2) is 0 Å². The van der Waals surface area contributed by atoms with Crippen LogP contribution in [0.15, 0.2) is 85.4 Å². The molecule has 0 saturated heterocycles. The molecule has 0 saturated carbocycles. The Morgan fingerprint density at radius 3 is 1.49 bits per heavy atom. The Morgan fingerprint density at radius 1 is 0.622 bits per heavy atom. The SMILES string of the molecule is C=C(C)c1cc(CN(Cc2cc(C(C)(C)C)c(O)c(C(C)(C)C)c2)c2ccc(Nc3ccccc3)cc2)cc(C(C)(C)C)c1O. The van der Waals surface area contributed by atoms with Crippen molar-refractivity contribution >= 4 is 22.6 Å². The van der Waals surface area contributed by atoms with Crippen LogP contribution in [0, 0.1) is 0 Å². The fourth-order valence-corrected chi connectivity index (χ4v) is 5.73. The van der Waals surface area contributed by atoms with Gasteiger partial charge in [-0.3, -0.25) is 0 Å². The van der Waals surface area contributed by atoms with Crippen molar-refractivity contribution in [1.82, 2.24) is 0 Å². The Labute approximate surface area is 271 Å². The van der Waals surface area contributed by atoms with E-state index >= 15 is 0 Å². The van der Waals surface area contributed by atoms with Crippen molar-refractivity contribution in [2.45, 2.75) is 98.6 Å². The molecule has 0 radical (unpaired) electrons. The Kier molecular flexibility index (Phi) is 9.49. The maximum atomic E-state index is 11.4. The number of allylic oxidation sites excluding steroid dienone is 1. The highest BCUT2D eigenvalue weighted by atomic mass is 16.3. The van der Waals surface area contributed by atoms with Crippen molar-refractivity contribution in [3.05, 3.63) is 119 Å². The van der Waals surface area contributed by atoms with Gasteiger partial charge in [0.25, 0.3) is 0 Å². The van der Waals surface area contributed by atoms with Gasteiger partial charge >= 0.3 is 0 Å². The first-order valence-electron chi connectivity index (χ1n) is 15.9. The Morgan fingerprint density at radius 2 is 1.04 bits per heavy atom. The Bertz CT molecular complexity index is 1610. The van der Waals surface area contributed by atoms with E-state index in [-0.39, 0.29) is 16.2 Å². The summed E-state index contributed by atoms with van der Waals surface area (Å²) in [6.45, 7) is 26.7. The zero-order valence-corrected chi connectivity index (χ0v) is 29.0. The summed E-state index contributed by atoms with van der Waals surface area (Å²) < 4.78 is 0.